The number of rotatable bonds is 5. The molecular weight excluding hydrogens is 562 g/mol. The first-order valence-corrected chi connectivity index (χ1v) is 15.3. The lowest BCUT2D eigenvalue weighted by atomic mass is 10.1. The molecule has 0 atom stereocenters. The third-order valence-corrected chi connectivity index (χ3v) is 9.31. The van der Waals surface area contributed by atoms with Crippen molar-refractivity contribution < 1.29 is 9.59 Å². The number of hydrogen-bond acceptors (Lipinski definition) is 4. The van der Waals surface area contributed by atoms with Crippen LogP contribution in [0.5, 0.6) is 0 Å². The van der Waals surface area contributed by atoms with E-state index in [4.69, 9.17) is 11.6 Å². The number of halogens is 1. The largest absolute Gasteiger partial charge is 0.368 e. The van der Waals surface area contributed by atoms with E-state index in [2.05, 4.69) is 36.9 Å². The molecule has 2 amide bonds. The van der Waals surface area contributed by atoms with Gasteiger partial charge < -0.3 is 14.7 Å². The van der Waals surface area contributed by atoms with E-state index in [0.717, 1.165) is 34.8 Å². The summed E-state index contributed by atoms with van der Waals surface area (Å²) in [5.74, 6) is -0.0138. The molecular formula is C35H32ClN3O2S. The Morgan fingerprint density at radius 1 is 0.857 bits per heavy atom. The van der Waals surface area contributed by atoms with Gasteiger partial charge in [-0.2, -0.15) is 0 Å². The van der Waals surface area contributed by atoms with Gasteiger partial charge in [-0.25, -0.2) is 0 Å². The summed E-state index contributed by atoms with van der Waals surface area (Å²) >= 11 is 7.69. The smallest absolute Gasteiger partial charge is 0.265 e. The van der Waals surface area contributed by atoms with Gasteiger partial charge in [0.25, 0.3) is 11.8 Å². The van der Waals surface area contributed by atoms with Gasteiger partial charge in [0.15, 0.2) is 0 Å². The Labute approximate surface area is 256 Å². The van der Waals surface area contributed by atoms with E-state index in [1.54, 1.807) is 4.90 Å². The maximum absolute atomic E-state index is 13.7. The van der Waals surface area contributed by atoms with Crippen molar-refractivity contribution >= 4 is 52.6 Å². The zero-order valence-electron chi connectivity index (χ0n) is 23.7. The number of aryl methyl sites for hydroxylation is 1. The van der Waals surface area contributed by atoms with Crippen molar-refractivity contribution in [2.24, 2.45) is 0 Å². The summed E-state index contributed by atoms with van der Waals surface area (Å²) in [5, 5.41) is 0.647. The molecule has 1 saturated heterocycles. The fourth-order valence-electron chi connectivity index (χ4n) is 5.52. The Morgan fingerprint density at radius 3 is 2.33 bits per heavy atom. The number of anilines is 2. The van der Waals surface area contributed by atoms with Gasteiger partial charge in [0.05, 0.1) is 17.1 Å². The quantitative estimate of drug-likeness (QED) is 0.224. The summed E-state index contributed by atoms with van der Waals surface area (Å²) in [5.41, 5.74) is 7.23. The summed E-state index contributed by atoms with van der Waals surface area (Å²) in [6.45, 7) is 7.72. The predicted molar refractivity (Wildman–Crippen MR) is 173 cm³/mol. The number of benzene rings is 4. The third kappa shape index (κ3) is 5.83. The fraction of sp³-hybridized carbons (Fsp3) is 0.200. The molecule has 212 valence electrons. The van der Waals surface area contributed by atoms with E-state index in [1.807, 2.05) is 83.8 Å². The molecule has 0 aliphatic carbocycles. The van der Waals surface area contributed by atoms with Crippen LogP contribution in [0.3, 0.4) is 0 Å². The first-order valence-electron chi connectivity index (χ1n) is 14.1. The number of hydrogen-bond donors (Lipinski definition) is 0. The Bertz CT molecular complexity index is 1680. The molecule has 4 aromatic rings. The van der Waals surface area contributed by atoms with Gasteiger partial charge in [-0.3, -0.25) is 9.59 Å². The molecule has 0 aromatic heterocycles. The van der Waals surface area contributed by atoms with Crippen LogP contribution in [0.15, 0.2) is 101 Å². The first-order chi connectivity index (χ1) is 20.4. The second kappa shape index (κ2) is 12.1. The molecule has 2 aliphatic heterocycles. The minimum atomic E-state index is -0.0551. The third-order valence-electron chi connectivity index (χ3n) is 8.00. The van der Waals surface area contributed by atoms with Crippen molar-refractivity contribution in [2.45, 2.75) is 25.3 Å². The van der Waals surface area contributed by atoms with Crippen LogP contribution in [0, 0.1) is 13.8 Å². The maximum Gasteiger partial charge on any atom is 0.265 e. The molecule has 42 heavy (non-hydrogen) atoms. The lowest BCUT2D eigenvalue weighted by Gasteiger charge is -2.37. The van der Waals surface area contributed by atoms with Crippen LogP contribution < -0.4 is 9.80 Å². The summed E-state index contributed by atoms with van der Waals surface area (Å²) in [6, 6.07) is 29.5. The molecule has 5 nitrogen and oxygen atoms in total. The zero-order valence-corrected chi connectivity index (χ0v) is 25.3. The van der Waals surface area contributed by atoms with Crippen LogP contribution in [-0.4, -0.2) is 42.9 Å². The molecule has 0 spiro atoms. The summed E-state index contributed by atoms with van der Waals surface area (Å²) in [7, 11) is 0. The van der Waals surface area contributed by atoms with E-state index in [1.165, 1.54) is 28.6 Å². The van der Waals surface area contributed by atoms with Crippen molar-refractivity contribution in [2.75, 3.05) is 36.0 Å². The van der Waals surface area contributed by atoms with Crippen LogP contribution >= 0.6 is 23.4 Å². The van der Waals surface area contributed by atoms with Crippen molar-refractivity contribution in [3.8, 4) is 0 Å². The van der Waals surface area contributed by atoms with Crippen LogP contribution in [0.2, 0.25) is 5.02 Å². The molecule has 0 bridgehead atoms. The van der Waals surface area contributed by atoms with Crippen LogP contribution in [0.4, 0.5) is 11.4 Å². The van der Waals surface area contributed by atoms with Crippen molar-refractivity contribution in [1.82, 2.24) is 4.90 Å². The van der Waals surface area contributed by atoms with Gasteiger partial charge in [-0.1, -0.05) is 71.9 Å². The van der Waals surface area contributed by atoms with E-state index < -0.39 is 0 Å². The first kappa shape index (κ1) is 28.1. The minimum Gasteiger partial charge on any atom is -0.368 e. The van der Waals surface area contributed by atoms with E-state index in [0.29, 0.717) is 35.1 Å². The van der Waals surface area contributed by atoms with Gasteiger partial charge in [-0.05, 0) is 84.6 Å². The highest BCUT2D eigenvalue weighted by atomic mass is 35.5. The molecule has 0 saturated carbocycles. The molecule has 0 unspecified atom stereocenters. The number of nitrogens with zero attached hydrogens (tertiary/aromatic N) is 3. The second-order valence-electron chi connectivity index (χ2n) is 10.7. The molecule has 0 N–H and O–H groups in total. The Hall–Kier alpha value is -4.00. The monoisotopic (exact) mass is 593 g/mol. The minimum absolute atomic E-state index is 0.0413. The second-order valence-corrected chi connectivity index (χ2v) is 12.2. The molecule has 6 rings (SSSR count). The molecule has 4 aromatic carbocycles. The topological polar surface area (TPSA) is 43.9 Å². The molecule has 2 heterocycles. The zero-order chi connectivity index (χ0) is 29.2. The highest BCUT2D eigenvalue weighted by Gasteiger charge is 2.29. The average molecular weight is 594 g/mol. The SMILES string of the molecule is Cc1cccc(N2CCN(C(=O)c3ccc(C=C4Sc5ccccc5N(Cc5cccc(Cl)c5)C4=O)cc3)CC2)c1C. The number of carbonyl (C=O) groups excluding carboxylic acids is 2. The Morgan fingerprint density at radius 2 is 1.57 bits per heavy atom. The molecule has 0 radical (unpaired) electrons. The number of carbonyl (C=O) groups is 2. The maximum atomic E-state index is 13.7. The fourth-order valence-corrected chi connectivity index (χ4v) is 6.79. The highest BCUT2D eigenvalue weighted by molar-refractivity contribution is 8.04. The molecule has 7 heteroatoms. The molecule has 1 fully saturated rings. The van der Waals surface area contributed by atoms with Gasteiger partial charge in [-0.15, -0.1) is 0 Å². The van der Waals surface area contributed by atoms with E-state index in [9.17, 15) is 9.59 Å². The van der Waals surface area contributed by atoms with Gasteiger partial charge in [0, 0.05) is 47.3 Å². The van der Waals surface area contributed by atoms with Crippen LogP contribution in [0.1, 0.15) is 32.6 Å². The summed E-state index contributed by atoms with van der Waals surface area (Å²) in [6.07, 6.45) is 1.91. The van der Waals surface area contributed by atoms with Gasteiger partial charge >= 0.3 is 0 Å². The normalized spacial score (nSPS) is 16.1. The summed E-state index contributed by atoms with van der Waals surface area (Å²) in [4.78, 5) is 34.8. The lowest BCUT2D eigenvalue weighted by molar-refractivity contribution is -0.114. The highest BCUT2D eigenvalue weighted by Crippen LogP contribution is 2.42. The predicted octanol–water partition coefficient (Wildman–Crippen LogP) is 7.60. The van der Waals surface area contributed by atoms with Crippen LogP contribution in [0.25, 0.3) is 6.08 Å². The molecule has 2 aliphatic rings. The van der Waals surface area contributed by atoms with Crippen molar-refractivity contribution in [3.05, 3.63) is 129 Å². The average Bonchev–Trinajstić information content (AvgIpc) is 3.01. The number of piperazine rings is 1. The lowest BCUT2D eigenvalue weighted by Crippen LogP contribution is -2.49. The van der Waals surface area contributed by atoms with E-state index in [-0.39, 0.29) is 11.8 Å². The van der Waals surface area contributed by atoms with Crippen LogP contribution in [-0.2, 0) is 11.3 Å². The standard InChI is InChI=1S/C35H32ClN3O2S/c1-24-7-5-11-30(25(24)2)37-17-19-38(20-18-37)34(40)28-15-13-26(14-16-28)22-33-35(41)39(23-27-8-6-9-29(36)21-27)31-10-3-4-12-32(31)42-33/h3-16,21-22H,17-20,23H2,1-2H3. The number of para-hydroxylation sites is 1. The number of fused-ring (bicyclic) bond motifs is 1. The van der Waals surface area contributed by atoms with Crippen molar-refractivity contribution in [1.29, 1.82) is 0 Å². The number of amides is 2. The Kier molecular flexibility index (Phi) is 8.09. The Balaban J connectivity index is 1.16. The van der Waals surface area contributed by atoms with Gasteiger partial charge in [0.1, 0.15) is 0 Å². The van der Waals surface area contributed by atoms with Crippen molar-refractivity contribution in [3.63, 3.8) is 0 Å². The number of thioether (sulfide) groups is 1. The van der Waals surface area contributed by atoms with Gasteiger partial charge in [0.2, 0.25) is 0 Å². The summed E-state index contributed by atoms with van der Waals surface area (Å²) < 4.78 is 0. The van der Waals surface area contributed by atoms with E-state index >= 15 is 0 Å².